The summed E-state index contributed by atoms with van der Waals surface area (Å²) < 4.78 is 0. The zero-order chi connectivity index (χ0) is 26.4. The number of anilines is 1. The Morgan fingerprint density at radius 2 is 1.95 bits per heavy atom. The van der Waals surface area contributed by atoms with Gasteiger partial charge in [-0.1, -0.05) is 62.3 Å². The second kappa shape index (κ2) is 12.2. The minimum atomic E-state index is 0.210. The first kappa shape index (κ1) is 27.4. The first-order valence-corrected chi connectivity index (χ1v) is 14.6. The second-order valence-corrected chi connectivity index (χ2v) is 11.8. The molecule has 0 saturated heterocycles. The monoisotopic (exact) mass is 497 g/mol. The molecule has 3 heteroatoms. The van der Waals surface area contributed by atoms with E-state index in [0.717, 1.165) is 53.6 Å². The van der Waals surface area contributed by atoms with Crippen molar-refractivity contribution in [1.29, 1.82) is 5.41 Å². The zero-order valence-corrected chi connectivity index (χ0v) is 23.6. The van der Waals surface area contributed by atoms with Gasteiger partial charge < -0.3 is 10.7 Å². The average Bonchev–Trinajstić information content (AvgIpc) is 3.34. The molecule has 0 aliphatic heterocycles. The first-order valence-electron chi connectivity index (χ1n) is 14.6. The van der Waals surface area contributed by atoms with E-state index in [4.69, 9.17) is 10.4 Å². The highest BCUT2D eigenvalue weighted by atomic mass is 15.0. The van der Waals surface area contributed by atoms with E-state index in [-0.39, 0.29) is 5.41 Å². The molecular formula is C34H47N3. The number of allylic oxidation sites excluding steroid dienone is 8. The summed E-state index contributed by atoms with van der Waals surface area (Å²) in [6.07, 6.45) is 25.3. The van der Waals surface area contributed by atoms with Crippen molar-refractivity contribution in [2.45, 2.75) is 97.3 Å². The highest BCUT2D eigenvalue weighted by Crippen LogP contribution is 2.44. The molecule has 0 radical (unpaired) electrons. The highest BCUT2D eigenvalue weighted by Gasteiger charge is 2.36. The molecule has 1 unspecified atom stereocenters. The molecule has 2 fully saturated rings. The first-order chi connectivity index (χ1) is 17.8. The van der Waals surface area contributed by atoms with Gasteiger partial charge in [0.25, 0.3) is 0 Å². The number of aromatic nitrogens is 1. The van der Waals surface area contributed by atoms with Gasteiger partial charge in [0, 0.05) is 34.0 Å². The van der Waals surface area contributed by atoms with Crippen LogP contribution in [0.1, 0.15) is 96.2 Å². The van der Waals surface area contributed by atoms with Gasteiger partial charge in [0.05, 0.1) is 0 Å². The molecule has 0 spiro atoms. The van der Waals surface area contributed by atoms with Crippen LogP contribution in [0.2, 0.25) is 0 Å². The van der Waals surface area contributed by atoms with E-state index in [1.54, 1.807) is 0 Å². The standard InChI is InChI=1S/C34H47N3/c1-6-29(33(35)28-22-27(23-28)16-15-26-13-9-8-10-14-26)30(19-24(3)4)36-32-21-25(5)20-31(37-32)34(7-2)17-11-12-18-34/h6,8-10,13,19-21,26-28,35H,3,7,11-12,14-18,22-23H2,1-2,4-5H3,(H,36,37)/b29-6+,30-19+,35-33?. The molecule has 1 heterocycles. The van der Waals surface area contributed by atoms with Gasteiger partial charge in [0.15, 0.2) is 0 Å². The summed E-state index contributed by atoms with van der Waals surface area (Å²) in [5, 5.41) is 12.8. The molecule has 3 aliphatic carbocycles. The van der Waals surface area contributed by atoms with Crippen LogP contribution in [-0.2, 0) is 5.41 Å². The Morgan fingerprint density at radius 3 is 2.57 bits per heavy atom. The Hall–Kier alpha value is -2.68. The Balaban J connectivity index is 1.45. The highest BCUT2D eigenvalue weighted by molar-refractivity contribution is 6.04. The molecule has 1 aromatic heterocycles. The van der Waals surface area contributed by atoms with Crippen LogP contribution >= 0.6 is 0 Å². The maximum absolute atomic E-state index is 9.12. The number of hydrogen-bond donors (Lipinski definition) is 2. The van der Waals surface area contributed by atoms with Gasteiger partial charge in [-0.15, -0.1) is 0 Å². The van der Waals surface area contributed by atoms with Crippen LogP contribution in [0, 0.1) is 30.1 Å². The van der Waals surface area contributed by atoms with Gasteiger partial charge in [0.2, 0.25) is 0 Å². The van der Waals surface area contributed by atoms with E-state index < -0.39 is 0 Å². The van der Waals surface area contributed by atoms with E-state index in [0.29, 0.717) is 11.8 Å². The van der Waals surface area contributed by atoms with Crippen molar-refractivity contribution in [3.05, 3.63) is 83.3 Å². The van der Waals surface area contributed by atoms with Crippen LogP contribution in [0.3, 0.4) is 0 Å². The third-order valence-electron chi connectivity index (χ3n) is 8.93. The molecule has 0 amide bonds. The summed E-state index contributed by atoms with van der Waals surface area (Å²) in [6.45, 7) is 12.7. The van der Waals surface area contributed by atoms with Gasteiger partial charge in [-0.05, 0) is 108 Å². The zero-order valence-electron chi connectivity index (χ0n) is 23.6. The third-order valence-corrected chi connectivity index (χ3v) is 8.93. The third kappa shape index (κ3) is 6.61. The minimum Gasteiger partial charge on any atom is -0.340 e. The predicted molar refractivity (Wildman–Crippen MR) is 159 cm³/mol. The predicted octanol–water partition coefficient (Wildman–Crippen LogP) is 9.39. The molecule has 2 N–H and O–H groups in total. The lowest BCUT2D eigenvalue weighted by Gasteiger charge is -2.37. The lowest BCUT2D eigenvalue weighted by molar-refractivity contribution is 0.228. The minimum absolute atomic E-state index is 0.210. The molecule has 0 bridgehead atoms. The number of aryl methyl sites for hydroxylation is 1. The maximum Gasteiger partial charge on any atom is 0.130 e. The normalized spacial score (nSPS) is 25.1. The molecule has 37 heavy (non-hydrogen) atoms. The van der Waals surface area contributed by atoms with Crippen molar-refractivity contribution in [3.8, 4) is 0 Å². The van der Waals surface area contributed by atoms with Crippen LogP contribution in [-0.4, -0.2) is 10.7 Å². The Labute approximate surface area is 225 Å². The number of nitrogens with zero attached hydrogens (tertiary/aromatic N) is 1. The van der Waals surface area contributed by atoms with Gasteiger partial charge in [-0.2, -0.15) is 0 Å². The number of hydrogen-bond acceptors (Lipinski definition) is 3. The van der Waals surface area contributed by atoms with E-state index in [9.17, 15) is 0 Å². The Kier molecular flexibility index (Phi) is 9.05. The van der Waals surface area contributed by atoms with Crippen molar-refractivity contribution >= 4 is 11.5 Å². The van der Waals surface area contributed by atoms with Gasteiger partial charge in [0.1, 0.15) is 5.82 Å². The van der Waals surface area contributed by atoms with E-state index in [1.165, 1.54) is 56.2 Å². The van der Waals surface area contributed by atoms with Crippen LogP contribution in [0.4, 0.5) is 5.82 Å². The molecule has 2 saturated carbocycles. The second-order valence-electron chi connectivity index (χ2n) is 11.8. The molecule has 198 valence electrons. The maximum atomic E-state index is 9.12. The summed E-state index contributed by atoms with van der Waals surface area (Å²) in [5.74, 6) is 2.68. The number of rotatable bonds is 11. The van der Waals surface area contributed by atoms with Gasteiger partial charge >= 0.3 is 0 Å². The fraction of sp³-hybridized carbons (Fsp3) is 0.529. The molecule has 1 aromatic rings. The van der Waals surface area contributed by atoms with Crippen molar-refractivity contribution in [1.82, 2.24) is 4.98 Å². The molecule has 3 aliphatic rings. The number of pyridine rings is 1. The largest absolute Gasteiger partial charge is 0.340 e. The van der Waals surface area contributed by atoms with Gasteiger partial charge in [-0.25, -0.2) is 4.98 Å². The van der Waals surface area contributed by atoms with E-state index in [1.807, 2.05) is 6.92 Å². The SMILES string of the molecule is C=C(C)/C=C(Nc1cc(C)cc(C2(CC)CCCC2)n1)\C(=C/C)C(=N)C1CC(CCC2C=CC=CC2)C1. The average molecular weight is 498 g/mol. The van der Waals surface area contributed by atoms with Crippen molar-refractivity contribution in [2.24, 2.45) is 17.8 Å². The summed E-state index contributed by atoms with van der Waals surface area (Å²) in [6, 6.07) is 4.42. The fourth-order valence-electron chi connectivity index (χ4n) is 6.59. The Bertz CT molecular complexity index is 1100. The molecule has 1 atom stereocenters. The quantitative estimate of drug-likeness (QED) is 0.236. The van der Waals surface area contributed by atoms with Crippen LogP contribution in [0.25, 0.3) is 0 Å². The Morgan fingerprint density at radius 1 is 1.19 bits per heavy atom. The fourth-order valence-corrected chi connectivity index (χ4v) is 6.59. The smallest absolute Gasteiger partial charge is 0.130 e. The van der Waals surface area contributed by atoms with Crippen molar-refractivity contribution < 1.29 is 0 Å². The van der Waals surface area contributed by atoms with Crippen molar-refractivity contribution in [2.75, 3.05) is 5.32 Å². The van der Waals surface area contributed by atoms with Crippen LogP contribution in [0.15, 0.2) is 72.0 Å². The topological polar surface area (TPSA) is 48.8 Å². The molecule has 3 nitrogen and oxygen atoms in total. The molecule has 4 rings (SSSR count). The van der Waals surface area contributed by atoms with Gasteiger partial charge in [-0.3, -0.25) is 0 Å². The molecular weight excluding hydrogens is 450 g/mol. The lowest BCUT2D eigenvalue weighted by atomic mass is 9.68. The lowest BCUT2D eigenvalue weighted by Crippen LogP contribution is -2.32. The summed E-state index contributed by atoms with van der Waals surface area (Å²) in [7, 11) is 0. The van der Waals surface area contributed by atoms with Crippen LogP contribution in [0.5, 0.6) is 0 Å². The van der Waals surface area contributed by atoms with Crippen molar-refractivity contribution in [3.63, 3.8) is 0 Å². The molecule has 0 aromatic carbocycles. The summed E-state index contributed by atoms with van der Waals surface area (Å²) in [4.78, 5) is 5.15. The van der Waals surface area contributed by atoms with E-state index in [2.05, 4.69) is 81.3 Å². The summed E-state index contributed by atoms with van der Waals surface area (Å²) in [5.41, 5.74) is 6.35. The summed E-state index contributed by atoms with van der Waals surface area (Å²) >= 11 is 0. The van der Waals surface area contributed by atoms with Crippen LogP contribution < -0.4 is 5.32 Å². The van der Waals surface area contributed by atoms with E-state index >= 15 is 0 Å². The number of nitrogens with one attached hydrogen (secondary N) is 2.